The second kappa shape index (κ2) is 35.0. The molecule has 0 radical (unpaired) electrons. The topological polar surface area (TPSA) is 108 Å². The minimum atomic E-state index is -1.08. The fraction of sp³-hybridized carbons (Fsp3) is 0.673. The van der Waals surface area contributed by atoms with Gasteiger partial charge in [-0.2, -0.15) is 0 Å². The zero-order valence-electron chi connectivity index (χ0n) is 38.2. The number of methoxy groups -OCH3 is 1. The molecule has 0 bridgehead atoms. The van der Waals surface area contributed by atoms with Crippen LogP contribution in [-0.2, 0) is 14.4 Å². The van der Waals surface area contributed by atoms with Crippen molar-refractivity contribution < 1.29 is 38.4 Å². The number of ether oxygens (including phenoxy) is 4. The number of esters is 3. The summed E-state index contributed by atoms with van der Waals surface area (Å²) >= 11 is 0. The molecule has 2 aromatic carbocycles. The van der Waals surface area contributed by atoms with E-state index in [0.717, 1.165) is 57.8 Å². The molecule has 0 amide bonds. The number of aliphatic hydroxyl groups excluding tert-OH is 1. The third-order valence-corrected chi connectivity index (χ3v) is 11.1. The van der Waals surface area contributed by atoms with Gasteiger partial charge in [0.25, 0.3) is 0 Å². The van der Waals surface area contributed by atoms with Gasteiger partial charge >= 0.3 is 17.9 Å². The highest BCUT2D eigenvalue weighted by molar-refractivity contribution is 5.76. The van der Waals surface area contributed by atoms with Gasteiger partial charge in [-0.1, -0.05) is 187 Å². The number of unbranched alkanes of at least 4 members (excludes halogenated alkanes) is 24. The van der Waals surface area contributed by atoms with Crippen molar-refractivity contribution in [3.63, 3.8) is 0 Å². The van der Waals surface area contributed by atoms with Gasteiger partial charge in [-0.15, -0.1) is 0 Å². The predicted octanol–water partition coefficient (Wildman–Crippen LogP) is 14.9. The van der Waals surface area contributed by atoms with Crippen LogP contribution in [0.4, 0.5) is 0 Å². The van der Waals surface area contributed by atoms with Gasteiger partial charge in [0, 0.05) is 42.5 Å². The second-order valence-corrected chi connectivity index (χ2v) is 16.6. The number of hydrogen-bond acceptors (Lipinski definition) is 8. The Hall–Kier alpha value is -3.65. The van der Waals surface area contributed by atoms with Crippen LogP contribution in [0.2, 0.25) is 0 Å². The molecule has 8 nitrogen and oxygen atoms in total. The van der Waals surface area contributed by atoms with Gasteiger partial charge in [-0.3, -0.25) is 14.4 Å². The van der Waals surface area contributed by atoms with E-state index in [1.54, 1.807) is 48.6 Å². The van der Waals surface area contributed by atoms with Crippen LogP contribution in [-0.4, -0.2) is 30.1 Å². The third-order valence-electron chi connectivity index (χ3n) is 11.1. The Balaban J connectivity index is 2.01. The van der Waals surface area contributed by atoms with Crippen molar-refractivity contribution >= 4 is 24.0 Å². The van der Waals surface area contributed by atoms with Gasteiger partial charge in [0.2, 0.25) is 0 Å². The summed E-state index contributed by atoms with van der Waals surface area (Å²) in [7, 11) is 1.50. The Morgan fingerprint density at radius 2 is 0.833 bits per heavy atom. The summed E-state index contributed by atoms with van der Waals surface area (Å²) in [4.78, 5) is 38.4. The van der Waals surface area contributed by atoms with Crippen molar-refractivity contribution in [2.75, 3.05) is 7.11 Å². The van der Waals surface area contributed by atoms with E-state index in [-0.39, 0.29) is 30.1 Å². The number of carbonyl (C=O) groups excluding carboxylic acids is 3. The molecule has 0 aliphatic rings. The summed E-state index contributed by atoms with van der Waals surface area (Å²) in [6, 6.07) is 9.91. The van der Waals surface area contributed by atoms with Gasteiger partial charge in [-0.25, -0.2) is 0 Å². The maximum atomic E-state index is 13.0. The van der Waals surface area contributed by atoms with Crippen LogP contribution in [0.5, 0.6) is 23.0 Å². The lowest BCUT2D eigenvalue weighted by molar-refractivity contribution is -0.135. The molecule has 1 N–H and O–H groups in total. The maximum absolute atomic E-state index is 13.0. The van der Waals surface area contributed by atoms with Crippen LogP contribution in [0.15, 0.2) is 42.5 Å². The van der Waals surface area contributed by atoms with Crippen molar-refractivity contribution in [3.8, 4) is 23.0 Å². The molecule has 0 spiro atoms. The Labute approximate surface area is 364 Å². The summed E-state index contributed by atoms with van der Waals surface area (Å²) in [5.41, 5.74) is 1.03. The van der Waals surface area contributed by atoms with Crippen LogP contribution in [0.1, 0.15) is 231 Å². The minimum Gasteiger partial charge on any atom is -0.496 e. The quantitative estimate of drug-likeness (QED) is 0.0407. The molecule has 1 atom stereocenters. The fourth-order valence-corrected chi connectivity index (χ4v) is 7.38. The number of rotatable bonds is 37. The SMILES string of the molecule is CCCCCCCCCCCC(=O)Oc1ccc(C=CC(O)c2ccc(OC(=O)CCCCCCCCCCC)cc2OC)c(OC(=O)CCCCCCCCCCC)c1. The molecule has 338 valence electrons. The van der Waals surface area contributed by atoms with Crippen LogP contribution in [0.3, 0.4) is 0 Å². The smallest absolute Gasteiger partial charge is 0.311 e. The Morgan fingerprint density at radius 1 is 0.483 bits per heavy atom. The normalized spacial score (nSPS) is 11.8. The first-order valence-corrected chi connectivity index (χ1v) is 24.1. The molecule has 60 heavy (non-hydrogen) atoms. The fourth-order valence-electron chi connectivity index (χ4n) is 7.38. The van der Waals surface area contributed by atoms with E-state index in [4.69, 9.17) is 18.9 Å². The molecule has 8 heteroatoms. The van der Waals surface area contributed by atoms with Crippen molar-refractivity contribution in [1.82, 2.24) is 0 Å². The first-order chi connectivity index (χ1) is 29.3. The van der Waals surface area contributed by atoms with E-state index in [9.17, 15) is 19.5 Å². The number of benzene rings is 2. The summed E-state index contributed by atoms with van der Waals surface area (Å²) in [5.74, 6) is 0.354. The zero-order chi connectivity index (χ0) is 43.5. The van der Waals surface area contributed by atoms with Crippen LogP contribution >= 0.6 is 0 Å². The Morgan fingerprint density at radius 3 is 1.23 bits per heavy atom. The lowest BCUT2D eigenvalue weighted by atomic mass is 10.1. The van der Waals surface area contributed by atoms with E-state index in [0.29, 0.717) is 41.2 Å². The standard InChI is InChI=1S/C52H82O8/c1-5-8-11-14-17-20-23-26-29-32-50(54)58-44-37-35-43(48(41-44)60-52(56)34-31-28-25-22-19-16-13-10-7-3)36-40-47(53)46-39-38-45(42-49(46)57-4)59-51(55)33-30-27-24-21-18-15-12-9-6-2/h35-42,47,53H,5-34H2,1-4H3. The number of aliphatic hydroxyl groups is 1. The molecule has 0 heterocycles. The van der Waals surface area contributed by atoms with Crippen molar-refractivity contribution in [2.45, 2.75) is 219 Å². The molecule has 0 saturated heterocycles. The highest BCUT2D eigenvalue weighted by Gasteiger charge is 2.16. The average Bonchev–Trinajstić information content (AvgIpc) is 3.24. The number of carbonyl (C=O) groups is 3. The average molecular weight is 835 g/mol. The molecule has 2 aromatic rings. The van der Waals surface area contributed by atoms with Gasteiger partial charge in [0.15, 0.2) is 0 Å². The van der Waals surface area contributed by atoms with E-state index in [1.807, 2.05) is 0 Å². The highest BCUT2D eigenvalue weighted by atomic mass is 16.5. The lowest BCUT2D eigenvalue weighted by Crippen LogP contribution is -2.10. The molecule has 0 aromatic heterocycles. The first-order valence-electron chi connectivity index (χ1n) is 24.1. The summed E-state index contributed by atoms with van der Waals surface area (Å²) < 4.78 is 22.7. The van der Waals surface area contributed by atoms with Crippen LogP contribution < -0.4 is 18.9 Å². The molecule has 0 fully saturated rings. The molecule has 0 aliphatic heterocycles. The van der Waals surface area contributed by atoms with Crippen LogP contribution in [0, 0.1) is 0 Å². The number of hydrogen-bond donors (Lipinski definition) is 1. The molecule has 0 aliphatic carbocycles. The molecule has 0 saturated carbocycles. The molecular weight excluding hydrogens is 753 g/mol. The van der Waals surface area contributed by atoms with Crippen molar-refractivity contribution in [1.29, 1.82) is 0 Å². The summed E-state index contributed by atoms with van der Waals surface area (Å²) in [6.07, 6.45) is 34.5. The Bertz CT molecular complexity index is 1470. The molecule has 1 unspecified atom stereocenters. The first kappa shape index (κ1) is 52.5. The molecule has 2 rings (SSSR count). The van der Waals surface area contributed by atoms with E-state index >= 15 is 0 Å². The second-order valence-electron chi connectivity index (χ2n) is 16.6. The molecular formula is C52H82O8. The minimum absolute atomic E-state index is 0.258. The van der Waals surface area contributed by atoms with E-state index in [2.05, 4.69) is 20.8 Å². The zero-order valence-corrected chi connectivity index (χ0v) is 38.2. The van der Waals surface area contributed by atoms with Gasteiger partial charge in [0.1, 0.15) is 29.1 Å². The van der Waals surface area contributed by atoms with E-state index < -0.39 is 6.10 Å². The summed E-state index contributed by atoms with van der Waals surface area (Å²) in [6.45, 7) is 6.68. The lowest BCUT2D eigenvalue weighted by Gasteiger charge is -2.14. The Kier molecular flexibility index (Phi) is 30.6. The van der Waals surface area contributed by atoms with Crippen molar-refractivity contribution in [2.24, 2.45) is 0 Å². The van der Waals surface area contributed by atoms with Gasteiger partial charge in [-0.05, 0) is 43.5 Å². The third kappa shape index (κ3) is 25.2. The van der Waals surface area contributed by atoms with Gasteiger partial charge < -0.3 is 24.1 Å². The summed E-state index contributed by atoms with van der Waals surface area (Å²) in [5, 5.41) is 11.2. The predicted molar refractivity (Wildman–Crippen MR) is 246 cm³/mol. The maximum Gasteiger partial charge on any atom is 0.311 e. The van der Waals surface area contributed by atoms with E-state index in [1.165, 1.54) is 123 Å². The van der Waals surface area contributed by atoms with Crippen molar-refractivity contribution in [3.05, 3.63) is 53.6 Å². The van der Waals surface area contributed by atoms with Gasteiger partial charge in [0.05, 0.1) is 7.11 Å². The highest BCUT2D eigenvalue weighted by Crippen LogP contribution is 2.33. The largest absolute Gasteiger partial charge is 0.496 e. The van der Waals surface area contributed by atoms with Crippen LogP contribution in [0.25, 0.3) is 6.08 Å². The monoisotopic (exact) mass is 835 g/mol.